The van der Waals surface area contributed by atoms with Gasteiger partial charge in [-0.2, -0.15) is 0 Å². The molecule has 0 aliphatic carbocycles. The first-order valence-electron chi connectivity index (χ1n) is 10.0. The van der Waals surface area contributed by atoms with Crippen molar-refractivity contribution < 1.29 is 0 Å². The molecule has 0 radical (unpaired) electrons. The Kier molecular flexibility index (Phi) is 12.4. The van der Waals surface area contributed by atoms with Crippen LogP contribution in [-0.2, 0) is 19.5 Å². The van der Waals surface area contributed by atoms with Crippen molar-refractivity contribution in [3.63, 3.8) is 0 Å². The smallest absolute Gasteiger partial charge is 0.191 e. The third-order valence-electron chi connectivity index (χ3n) is 4.43. The molecule has 8 heteroatoms. The van der Waals surface area contributed by atoms with E-state index in [2.05, 4.69) is 70.6 Å². The number of aromatic nitrogens is 3. The second-order valence-corrected chi connectivity index (χ2v) is 8.37. The molecule has 0 aromatic carbocycles. The van der Waals surface area contributed by atoms with Gasteiger partial charge in [0.05, 0.1) is 6.54 Å². The van der Waals surface area contributed by atoms with Gasteiger partial charge in [0, 0.05) is 30.4 Å². The summed E-state index contributed by atoms with van der Waals surface area (Å²) in [4.78, 5) is 6.05. The maximum absolute atomic E-state index is 4.78. The lowest BCUT2D eigenvalue weighted by Gasteiger charge is -2.19. The second kappa shape index (κ2) is 13.9. The molecule has 0 spiro atoms. The standard InChI is InChI=1S/C20H34N6S.HI/c1-5-19-25-23-15-26(19)12-11-21-20(22-14-18-10-7-13-27-18)24-17(4)9-6-8-16(2)3;/h7,10,13,15-17H,5-6,8-9,11-12,14H2,1-4H3,(H2,21,22,24);1H. The number of hydrogen-bond donors (Lipinski definition) is 2. The van der Waals surface area contributed by atoms with Gasteiger partial charge < -0.3 is 15.2 Å². The molecular formula is C20H35IN6S. The predicted octanol–water partition coefficient (Wildman–Crippen LogP) is 4.47. The Balaban J connectivity index is 0.00000392. The normalized spacial score (nSPS) is 12.7. The topological polar surface area (TPSA) is 67.1 Å². The van der Waals surface area contributed by atoms with Gasteiger partial charge in [0.2, 0.25) is 0 Å². The van der Waals surface area contributed by atoms with Gasteiger partial charge in [-0.15, -0.1) is 45.5 Å². The molecule has 0 fully saturated rings. The van der Waals surface area contributed by atoms with Gasteiger partial charge >= 0.3 is 0 Å². The first-order valence-corrected chi connectivity index (χ1v) is 10.9. The van der Waals surface area contributed by atoms with E-state index < -0.39 is 0 Å². The summed E-state index contributed by atoms with van der Waals surface area (Å²) in [6.45, 7) is 11.2. The van der Waals surface area contributed by atoms with Crippen LogP contribution in [0.1, 0.15) is 57.7 Å². The Bertz CT molecular complexity index is 668. The zero-order valence-electron chi connectivity index (χ0n) is 17.5. The highest BCUT2D eigenvalue weighted by molar-refractivity contribution is 14.0. The van der Waals surface area contributed by atoms with Crippen molar-refractivity contribution in [3.05, 3.63) is 34.5 Å². The fourth-order valence-corrected chi connectivity index (χ4v) is 3.51. The summed E-state index contributed by atoms with van der Waals surface area (Å²) in [6, 6.07) is 4.60. The highest BCUT2D eigenvalue weighted by atomic mass is 127. The Morgan fingerprint density at radius 2 is 2.11 bits per heavy atom. The lowest BCUT2D eigenvalue weighted by atomic mass is 10.0. The van der Waals surface area contributed by atoms with Gasteiger partial charge in [-0.05, 0) is 30.7 Å². The van der Waals surface area contributed by atoms with Gasteiger partial charge in [0.15, 0.2) is 5.96 Å². The Hall–Kier alpha value is -1.16. The minimum atomic E-state index is 0. The highest BCUT2D eigenvalue weighted by Gasteiger charge is 2.07. The minimum Gasteiger partial charge on any atom is -0.355 e. The zero-order chi connectivity index (χ0) is 19.5. The van der Waals surface area contributed by atoms with Crippen LogP contribution in [0.2, 0.25) is 0 Å². The number of thiophene rings is 1. The van der Waals surface area contributed by atoms with Crippen LogP contribution >= 0.6 is 35.3 Å². The lowest BCUT2D eigenvalue weighted by molar-refractivity contribution is 0.490. The van der Waals surface area contributed by atoms with E-state index in [1.165, 1.54) is 17.7 Å². The number of nitrogens with zero attached hydrogens (tertiary/aromatic N) is 4. The molecule has 2 heterocycles. The first-order chi connectivity index (χ1) is 13.1. The molecule has 0 aliphatic heterocycles. The Morgan fingerprint density at radius 3 is 2.79 bits per heavy atom. The molecule has 1 atom stereocenters. The zero-order valence-corrected chi connectivity index (χ0v) is 20.7. The molecule has 2 N–H and O–H groups in total. The van der Waals surface area contributed by atoms with Crippen molar-refractivity contribution >= 4 is 41.3 Å². The predicted molar refractivity (Wildman–Crippen MR) is 130 cm³/mol. The van der Waals surface area contributed by atoms with Crippen LogP contribution in [0.4, 0.5) is 0 Å². The van der Waals surface area contributed by atoms with Crippen LogP contribution in [0.5, 0.6) is 0 Å². The molecule has 2 aromatic heterocycles. The van der Waals surface area contributed by atoms with Gasteiger partial charge in [-0.3, -0.25) is 0 Å². The number of guanidine groups is 1. The fraction of sp³-hybridized carbons (Fsp3) is 0.650. The molecule has 0 saturated carbocycles. The van der Waals surface area contributed by atoms with Gasteiger partial charge in [0.1, 0.15) is 12.2 Å². The van der Waals surface area contributed by atoms with Crippen molar-refractivity contribution in [3.8, 4) is 0 Å². The Morgan fingerprint density at radius 1 is 1.29 bits per heavy atom. The summed E-state index contributed by atoms with van der Waals surface area (Å²) in [6.07, 6.45) is 6.36. The molecule has 2 aromatic rings. The molecule has 0 amide bonds. The van der Waals surface area contributed by atoms with E-state index in [0.717, 1.165) is 43.6 Å². The molecule has 158 valence electrons. The maximum Gasteiger partial charge on any atom is 0.191 e. The number of halogens is 1. The van der Waals surface area contributed by atoms with Crippen LogP contribution in [0.15, 0.2) is 28.8 Å². The molecule has 0 bridgehead atoms. The van der Waals surface area contributed by atoms with Crippen molar-refractivity contribution in [2.24, 2.45) is 10.9 Å². The molecule has 0 saturated heterocycles. The maximum atomic E-state index is 4.78. The monoisotopic (exact) mass is 518 g/mol. The molecule has 0 aliphatic rings. The third-order valence-corrected chi connectivity index (χ3v) is 5.29. The first kappa shape index (κ1) is 24.9. The minimum absolute atomic E-state index is 0. The summed E-state index contributed by atoms with van der Waals surface area (Å²) in [7, 11) is 0. The SMILES string of the molecule is CCc1nncn1CCNC(=NCc1cccs1)NC(C)CCCC(C)C.I. The van der Waals surface area contributed by atoms with Crippen molar-refractivity contribution in [2.75, 3.05) is 6.54 Å². The van der Waals surface area contributed by atoms with Gasteiger partial charge in [-0.1, -0.05) is 39.7 Å². The number of nitrogens with one attached hydrogen (secondary N) is 2. The summed E-state index contributed by atoms with van der Waals surface area (Å²) in [5, 5.41) is 17.3. The summed E-state index contributed by atoms with van der Waals surface area (Å²) >= 11 is 1.74. The molecular weight excluding hydrogens is 483 g/mol. The average Bonchev–Trinajstić information content (AvgIpc) is 3.30. The number of hydrogen-bond acceptors (Lipinski definition) is 4. The summed E-state index contributed by atoms with van der Waals surface area (Å²) in [5.41, 5.74) is 0. The summed E-state index contributed by atoms with van der Waals surface area (Å²) in [5.74, 6) is 2.66. The van der Waals surface area contributed by atoms with Crippen LogP contribution in [0, 0.1) is 5.92 Å². The molecule has 1 unspecified atom stereocenters. The Labute approximate surface area is 190 Å². The van der Waals surface area contributed by atoms with Crippen LogP contribution < -0.4 is 10.6 Å². The molecule has 6 nitrogen and oxygen atoms in total. The summed E-state index contributed by atoms with van der Waals surface area (Å²) < 4.78 is 2.09. The van der Waals surface area contributed by atoms with Crippen LogP contribution in [0.25, 0.3) is 0 Å². The molecule has 2 rings (SSSR count). The van der Waals surface area contributed by atoms with Crippen molar-refractivity contribution in [1.82, 2.24) is 25.4 Å². The lowest BCUT2D eigenvalue weighted by Crippen LogP contribution is -2.43. The van der Waals surface area contributed by atoms with Crippen molar-refractivity contribution in [1.29, 1.82) is 0 Å². The quantitative estimate of drug-likeness (QED) is 0.262. The third kappa shape index (κ3) is 9.36. The molecule has 28 heavy (non-hydrogen) atoms. The second-order valence-electron chi connectivity index (χ2n) is 7.34. The van der Waals surface area contributed by atoms with E-state index in [0.29, 0.717) is 12.6 Å². The number of aliphatic imine (C=N–C) groups is 1. The van der Waals surface area contributed by atoms with E-state index in [-0.39, 0.29) is 24.0 Å². The van der Waals surface area contributed by atoms with Crippen molar-refractivity contribution in [2.45, 2.75) is 72.5 Å². The fourth-order valence-electron chi connectivity index (χ4n) is 2.88. The van der Waals surface area contributed by atoms with E-state index in [4.69, 9.17) is 4.99 Å². The van der Waals surface area contributed by atoms with E-state index in [9.17, 15) is 0 Å². The van der Waals surface area contributed by atoms with Crippen LogP contribution in [0.3, 0.4) is 0 Å². The largest absolute Gasteiger partial charge is 0.355 e. The van der Waals surface area contributed by atoms with Gasteiger partial charge in [-0.25, -0.2) is 4.99 Å². The van der Waals surface area contributed by atoms with E-state index in [1.807, 2.05) is 0 Å². The number of rotatable bonds is 11. The van der Waals surface area contributed by atoms with Crippen LogP contribution in [-0.4, -0.2) is 33.3 Å². The highest BCUT2D eigenvalue weighted by Crippen LogP contribution is 2.10. The van der Waals surface area contributed by atoms with E-state index in [1.54, 1.807) is 17.7 Å². The van der Waals surface area contributed by atoms with E-state index >= 15 is 0 Å². The van der Waals surface area contributed by atoms with Gasteiger partial charge in [0.25, 0.3) is 0 Å². The number of aryl methyl sites for hydroxylation is 1. The average molecular weight is 519 g/mol.